The molecule has 3 aromatic rings. The molecule has 4 N–H and O–H groups in total. The van der Waals surface area contributed by atoms with Crippen LogP contribution < -0.4 is 15.9 Å². The fourth-order valence-electron chi connectivity index (χ4n) is 3.60. The van der Waals surface area contributed by atoms with Crippen molar-refractivity contribution in [3.63, 3.8) is 0 Å². The zero-order valence-electron chi connectivity index (χ0n) is 21.6. The summed E-state index contributed by atoms with van der Waals surface area (Å²) in [5.74, 6) is -6.63. The molecule has 3 rings (SSSR count). The molecule has 1 atom stereocenters. The Bertz CT molecular complexity index is 1420. The Kier molecular flexibility index (Phi) is 10.0. The van der Waals surface area contributed by atoms with E-state index in [9.17, 15) is 18.7 Å². The number of aromatic nitrogens is 1. The quantitative estimate of drug-likeness (QED) is 0.129. The minimum absolute atomic E-state index is 0.00132. The average molecular weight is 592 g/mol. The first-order chi connectivity index (χ1) is 19.4. The molecule has 1 heterocycles. The first-order valence-corrected chi connectivity index (χ1v) is 12.5. The summed E-state index contributed by atoms with van der Waals surface area (Å²) in [7, 11) is 0. The third-order valence-electron chi connectivity index (χ3n) is 5.78. The summed E-state index contributed by atoms with van der Waals surface area (Å²) in [6, 6.07) is 11.5. The van der Waals surface area contributed by atoms with E-state index in [0.29, 0.717) is 47.4 Å². The van der Waals surface area contributed by atoms with Gasteiger partial charge in [-0.05, 0) is 67.2 Å². The van der Waals surface area contributed by atoms with E-state index in [2.05, 4.69) is 10.4 Å². The standard InChI is InChI=1S/C27H25F4N5O4S/c1-2-3-12-39-25(37)35-36(24(33)41)16-26(38,21-10-6-18(28)13-22(21)29)27(30,31)23-11-9-20(15-34-23)40-19-7-4-17(14-32)5-8-19/h4-11,13,15,38H,2-3,12,16H2,1H3,(H2,33,41)(H,35,37). The molecule has 41 heavy (non-hydrogen) atoms. The van der Waals surface area contributed by atoms with Gasteiger partial charge in [0, 0.05) is 11.6 Å². The molecule has 14 heteroatoms. The normalized spacial score (nSPS) is 12.5. The van der Waals surface area contributed by atoms with Gasteiger partial charge in [0.1, 0.15) is 28.8 Å². The molecule has 0 radical (unpaired) electrons. The monoisotopic (exact) mass is 591 g/mol. The van der Waals surface area contributed by atoms with Crippen molar-refractivity contribution in [2.24, 2.45) is 5.73 Å². The van der Waals surface area contributed by atoms with Gasteiger partial charge in [0.25, 0.3) is 0 Å². The van der Waals surface area contributed by atoms with Crippen LogP contribution in [0, 0.1) is 23.0 Å². The number of pyridine rings is 1. The van der Waals surface area contributed by atoms with Crippen molar-refractivity contribution in [3.05, 3.63) is 89.2 Å². The highest BCUT2D eigenvalue weighted by Gasteiger charge is 2.58. The van der Waals surface area contributed by atoms with Crippen molar-refractivity contribution in [3.8, 4) is 17.6 Å². The number of alkyl halides is 2. The number of nitrogens with two attached hydrogens (primary N) is 1. The molecule has 0 aliphatic rings. The van der Waals surface area contributed by atoms with Gasteiger partial charge in [-0.25, -0.2) is 19.0 Å². The van der Waals surface area contributed by atoms with Gasteiger partial charge in [-0.3, -0.25) is 9.99 Å². The van der Waals surface area contributed by atoms with Crippen LogP contribution in [0.15, 0.2) is 60.8 Å². The van der Waals surface area contributed by atoms with Gasteiger partial charge in [0.15, 0.2) is 10.7 Å². The van der Waals surface area contributed by atoms with Crippen molar-refractivity contribution < 1.29 is 36.9 Å². The molecule has 9 nitrogen and oxygen atoms in total. The molecule has 0 aliphatic heterocycles. The maximum Gasteiger partial charge on any atom is 0.426 e. The van der Waals surface area contributed by atoms with Crippen LogP contribution >= 0.6 is 12.2 Å². The number of rotatable bonds is 10. The van der Waals surface area contributed by atoms with E-state index in [-0.39, 0.29) is 12.4 Å². The molecule has 216 valence electrons. The highest BCUT2D eigenvalue weighted by molar-refractivity contribution is 7.80. The first-order valence-electron chi connectivity index (χ1n) is 12.1. The lowest BCUT2D eigenvalue weighted by atomic mass is 9.84. The van der Waals surface area contributed by atoms with E-state index in [1.807, 2.05) is 13.0 Å². The number of ether oxygens (including phenoxy) is 2. The Morgan fingerprint density at radius 3 is 2.41 bits per heavy atom. The minimum Gasteiger partial charge on any atom is -0.456 e. The molecule has 0 fully saturated rings. The van der Waals surface area contributed by atoms with E-state index in [0.717, 1.165) is 18.3 Å². The van der Waals surface area contributed by atoms with E-state index in [4.69, 9.17) is 32.7 Å². The number of benzene rings is 2. The summed E-state index contributed by atoms with van der Waals surface area (Å²) in [6.45, 7) is 0.565. The fraction of sp³-hybridized carbons (Fsp3) is 0.259. The molecule has 0 bridgehead atoms. The van der Waals surface area contributed by atoms with Gasteiger partial charge in [0.2, 0.25) is 0 Å². The van der Waals surface area contributed by atoms with Crippen LogP contribution in [0.1, 0.15) is 36.6 Å². The van der Waals surface area contributed by atoms with Crippen molar-refractivity contribution in [1.29, 1.82) is 5.26 Å². The van der Waals surface area contributed by atoms with Crippen LogP contribution in [0.4, 0.5) is 22.4 Å². The number of nitrogens with one attached hydrogen (secondary N) is 1. The van der Waals surface area contributed by atoms with Crippen molar-refractivity contribution in [1.82, 2.24) is 15.4 Å². The predicted octanol–water partition coefficient (Wildman–Crippen LogP) is 4.99. The molecular weight excluding hydrogens is 566 g/mol. The van der Waals surface area contributed by atoms with E-state index in [1.54, 1.807) is 0 Å². The Morgan fingerprint density at radius 2 is 1.85 bits per heavy atom. The number of hydrogen-bond acceptors (Lipinski definition) is 7. The summed E-state index contributed by atoms with van der Waals surface area (Å²) in [6.07, 6.45) is 1.04. The molecule has 0 saturated heterocycles. The summed E-state index contributed by atoms with van der Waals surface area (Å²) >= 11 is 4.85. The van der Waals surface area contributed by atoms with Crippen molar-refractivity contribution >= 4 is 23.4 Å². The Hall–Kier alpha value is -4.48. The van der Waals surface area contributed by atoms with Crippen LogP contribution in [0.3, 0.4) is 0 Å². The summed E-state index contributed by atoms with van der Waals surface area (Å²) in [4.78, 5) is 15.9. The molecule has 2 aromatic carbocycles. The number of aliphatic hydroxyl groups is 1. The number of hydrogen-bond donors (Lipinski definition) is 3. The lowest BCUT2D eigenvalue weighted by Crippen LogP contribution is -2.59. The zero-order chi connectivity index (χ0) is 30.2. The summed E-state index contributed by atoms with van der Waals surface area (Å²) < 4.78 is 71.3. The van der Waals surface area contributed by atoms with Gasteiger partial charge in [-0.2, -0.15) is 14.0 Å². The minimum atomic E-state index is -4.38. The summed E-state index contributed by atoms with van der Waals surface area (Å²) in [5.41, 5.74) is 2.49. The zero-order valence-corrected chi connectivity index (χ0v) is 22.4. The van der Waals surface area contributed by atoms with Gasteiger partial charge >= 0.3 is 12.0 Å². The molecule has 0 saturated carbocycles. The van der Waals surface area contributed by atoms with Crippen molar-refractivity contribution in [2.45, 2.75) is 31.3 Å². The molecule has 1 amide bonds. The number of nitrogens with zero attached hydrogens (tertiary/aromatic N) is 3. The molecule has 1 unspecified atom stereocenters. The Labute approximate surface area is 238 Å². The number of unbranched alkanes of at least 4 members (excludes halogenated alkanes) is 1. The highest BCUT2D eigenvalue weighted by atomic mass is 32.1. The molecule has 0 spiro atoms. The lowest BCUT2D eigenvalue weighted by molar-refractivity contribution is -0.205. The van der Waals surface area contributed by atoms with E-state index < -0.39 is 52.2 Å². The number of nitriles is 1. The largest absolute Gasteiger partial charge is 0.456 e. The third kappa shape index (κ3) is 7.38. The number of hydrazine groups is 1. The van der Waals surface area contributed by atoms with Gasteiger partial charge in [0.05, 0.1) is 31.0 Å². The summed E-state index contributed by atoms with van der Waals surface area (Å²) in [5, 5.41) is 20.2. The first kappa shape index (κ1) is 31.1. The van der Waals surface area contributed by atoms with E-state index in [1.165, 1.54) is 24.3 Å². The third-order valence-corrected chi connectivity index (χ3v) is 6.00. The number of thiocarbonyl (C=S) groups is 1. The smallest absolute Gasteiger partial charge is 0.426 e. The predicted molar refractivity (Wildman–Crippen MR) is 142 cm³/mol. The highest BCUT2D eigenvalue weighted by Crippen LogP contribution is 2.46. The number of carbonyl (C=O) groups excluding carboxylic acids is 1. The van der Waals surface area contributed by atoms with Crippen LogP contribution in [0.2, 0.25) is 0 Å². The number of carbonyl (C=O) groups is 1. The van der Waals surface area contributed by atoms with Crippen LogP contribution in [0.5, 0.6) is 11.5 Å². The second-order valence-corrected chi connectivity index (χ2v) is 9.12. The van der Waals surface area contributed by atoms with Gasteiger partial charge < -0.3 is 20.3 Å². The van der Waals surface area contributed by atoms with E-state index >= 15 is 8.78 Å². The topological polar surface area (TPSA) is 134 Å². The maximum absolute atomic E-state index is 16.1. The molecule has 1 aromatic heterocycles. The SMILES string of the molecule is CCCCOC(=O)NN(CC(O)(c1ccc(F)cc1F)C(F)(F)c1ccc(Oc2ccc(C#N)cc2)cn1)C(N)=S. The molecule has 0 aliphatic carbocycles. The number of amides is 1. The maximum atomic E-state index is 16.1. The van der Waals surface area contributed by atoms with Crippen LogP contribution in [-0.4, -0.2) is 39.5 Å². The van der Waals surface area contributed by atoms with Crippen LogP contribution in [-0.2, 0) is 16.3 Å². The second kappa shape index (κ2) is 13.2. The van der Waals surface area contributed by atoms with Gasteiger partial charge in [-0.1, -0.05) is 13.3 Å². The Balaban J connectivity index is 1.97. The Morgan fingerprint density at radius 1 is 1.17 bits per heavy atom. The number of halogens is 4. The average Bonchev–Trinajstić information content (AvgIpc) is 2.93. The van der Waals surface area contributed by atoms with Gasteiger partial charge in [-0.15, -0.1) is 0 Å². The van der Waals surface area contributed by atoms with Crippen LogP contribution in [0.25, 0.3) is 0 Å². The van der Waals surface area contributed by atoms with Crippen molar-refractivity contribution in [2.75, 3.05) is 13.2 Å². The second-order valence-electron chi connectivity index (χ2n) is 8.70. The fourth-order valence-corrected chi connectivity index (χ4v) is 3.71. The lowest BCUT2D eigenvalue weighted by Gasteiger charge is -2.39. The molecular formula is C27H25F4N5O4S.